The molecule has 0 aliphatic carbocycles. The second-order valence-corrected chi connectivity index (χ2v) is 6.19. The van der Waals surface area contributed by atoms with Gasteiger partial charge in [-0.15, -0.1) is 0 Å². The Balaban J connectivity index is 1.79. The number of aryl methyl sites for hydroxylation is 1. The third kappa shape index (κ3) is 2.39. The zero-order valence-corrected chi connectivity index (χ0v) is 13.7. The van der Waals surface area contributed by atoms with Crippen molar-refractivity contribution in [1.82, 2.24) is 10.1 Å². The van der Waals surface area contributed by atoms with Crippen LogP contribution in [0.2, 0.25) is 0 Å². The largest absolute Gasteiger partial charge is 0.356 e. The van der Waals surface area contributed by atoms with Gasteiger partial charge in [0.1, 0.15) is 0 Å². The maximum atomic E-state index is 12.6. The standard InChI is InChI=1S/C20H15N3O2/c1-12(9-21)10-23-11-18-15(4-3-5-16(18)20(23)24)14-6-7-19-17(8-14)13(2)22-25-19/h3-8H,1,10-11H2,2H3. The Labute approximate surface area is 144 Å². The molecule has 1 aromatic heterocycles. The second-order valence-electron chi connectivity index (χ2n) is 6.19. The summed E-state index contributed by atoms with van der Waals surface area (Å²) < 4.78 is 5.27. The van der Waals surface area contributed by atoms with E-state index in [1.807, 2.05) is 49.4 Å². The van der Waals surface area contributed by atoms with Crippen molar-refractivity contribution in [2.75, 3.05) is 6.54 Å². The van der Waals surface area contributed by atoms with Crippen molar-refractivity contribution in [2.45, 2.75) is 13.5 Å². The highest BCUT2D eigenvalue weighted by molar-refractivity contribution is 6.01. The molecule has 4 rings (SSSR count). The van der Waals surface area contributed by atoms with E-state index in [1.165, 1.54) is 0 Å². The van der Waals surface area contributed by atoms with Gasteiger partial charge in [-0.3, -0.25) is 4.79 Å². The highest BCUT2D eigenvalue weighted by atomic mass is 16.5. The van der Waals surface area contributed by atoms with Gasteiger partial charge in [0.05, 0.1) is 18.3 Å². The smallest absolute Gasteiger partial charge is 0.254 e. The molecule has 0 fully saturated rings. The van der Waals surface area contributed by atoms with Gasteiger partial charge in [0.15, 0.2) is 5.58 Å². The van der Waals surface area contributed by atoms with Gasteiger partial charge in [0, 0.05) is 23.1 Å². The van der Waals surface area contributed by atoms with E-state index in [1.54, 1.807) is 4.90 Å². The summed E-state index contributed by atoms with van der Waals surface area (Å²) in [6.07, 6.45) is 0. The number of carbonyl (C=O) groups is 1. The minimum absolute atomic E-state index is 0.0597. The van der Waals surface area contributed by atoms with Crippen LogP contribution in [-0.4, -0.2) is 22.5 Å². The summed E-state index contributed by atoms with van der Waals surface area (Å²) >= 11 is 0. The molecule has 0 bridgehead atoms. The van der Waals surface area contributed by atoms with E-state index >= 15 is 0 Å². The van der Waals surface area contributed by atoms with Crippen molar-refractivity contribution in [2.24, 2.45) is 0 Å². The summed E-state index contributed by atoms with van der Waals surface area (Å²) in [5.41, 5.74) is 5.66. The maximum absolute atomic E-state index is 12.6. The van der Waals surface area contributed by atoms with Gasteiger partial charge >= 0.3 is 0 Å². The number of carbonyl (C=O) groups excluding carboxylic acids is 1. The Kier molecular flexibility index (Phi) is 3.40. The molecule has 0 saturated carbocycles. The van der Waals surface area contributed by atoms with Gasteiger partial charge in [-0.05, 0) is 41.8 Å². The topological polar surface area (TPSA) is 70.1 Å². The molecule has 0 atom stereocenters. The molecule has 0 unspecified atom stereocenters. The number of amides is 1. The summed E-state index contributed by atoms with van der Waals surface area (Å²) in [4.78, 5) is 14.3. The quantitative estimate of drug-likeness (QED) is 0.685. The number of benzene rings is 2. The predicted molar refractivity (Wildman–Crippen MR) is 93.7 cm³/mol. The zero-order valence-electron chi connectivity index (χ0n) is 13.7. The highest BCUT2D eigenvalue weighted by Crippen LogP contribution is 2.34. The van der Waals surface area contributed by atoms with Crippen molar-refractivity contribution >= 4 is 16.9 Å². The number of hydrogen-bond donors (Lipinski definition) is 0. The lowest BCUT2D eigenvalue weighted by Crippen LogP contribution is -2.25. The molecular formula is C20H15N3O2. The lowest BCUT2D eigenvalue weighted by atomic mass is 9.96. The fraction of sp³-hybridized carbons (Fsp3) is 0.150. The Morgan fingerprint density at radius 1 is 1.36 bits per heavy atom. The molecular weight excluding hydrogens is 314 g/mol. The van der Waals surface area contributed by atoms with E-state index in [-0.39, 0.29) is 12.5 Å². The first-order valence-electron chi connectivity index (χ1n) is 7.94. The summed E-state index contributed by atoms with van der Waals surface area (Å²) in [5.74, 6) is -0.0597. The third-order valence-electron chi connectivity index (χ3n) is 4.54. The van der Waals surface area contributed by atoms with Gasteiger partial charge in [0.2, 0.25) is 0 Å². The third-order valence-corrected chi connectivity index (χ3v) is 4.54. The molecule has 122 valence electrons. The average molecular weight is 329 g/mol. The molecule has 1 amide bonds. The Hall–Kier alpha value is -3.39. The number of fused-ring (bicyclic) bond motifs is 2. The lowest BCUT2D eigenvalue weighted by molar-refractivity contribution is 0.0794. The minimum Gasteiger partial charge on any atom is -0.356 e. The molecule has 1 aliphatic heterocycles. The average Bonchev–Trinajstić information content (AvgIpc) is 3.15. The molecule has 5 heteroatoms. The number of hydrogen-bond acceptors (Lipinski definition) is 4. The zero-order chi connectivity index (χ0) is 17.6. The van der Waals surface area contributed by atoms with Crippen LogP contribution in [0.5, 0.6) is 0 Å². The van der Waals surface area contributed by atoms with E-state index in [9.17, 15) is 4.79 Å². The van der Waals surface area contributed by atoms with E-state index in [4.69, 9.17) is 9.78 Å². The van der Waals surface area contributed by atoms with Gasteiger partial charge in [-0.25, -0.2) is 0 Å². The number of rotatable bonds is 3. The minimum atomic E-state index is -0.0597. The first-order chi connectivity index (χ1) is 12.1. The summed E-state index contributed by atoms with van der Waals surface area (Å²) in [7, 11) is 0. The van der Waals surface area contributed by atoms with Gasteiger partial charge < -0.3 is 9.42 Å². The lowest BCUT2D eigenvalue weighted by Gasteiger charge is -2.14. The fourth-order valence-corrected chi connectivity index (χ4v) is 3.28. The Morgan fingerprint density at radius 3 is 2.96 bits per heavy atom. The van der Waals surface area contributed by atoms with Crippen LogP contribution in [0.15, 0.2) is 53.1 Å². The van der Waals surface area contributed by atoms with Crippen molar-refractivity contribution in [3.8, 4) is 17.2 Å². The summed E-state index contributed by atoms with van der Waals surface area (Å²) in [6, 6.07) is 13.7. The van der Waals surface area contributed by atoms with Crippen molar-refractivity contribution in [3.05, 3.63) is 65.4 Å². The number of nitrogens with zero attached hydrogens (tertiary/aromatic N) is 3. The highest BCUT2D eigenvalue weighted by Gasteiger charge is 2.29. The first-order valence-corrected chi connectivity index (χ1v) is 7.94. The molecule has 0 radical (unpaired) electrons. The summed E-state index contributed by atoms with van der Waals surface area (Å²) in [5, 5.41) is 13.9. The van der Waals surface area contributed by atoms with E-state index in [0.29, 0.717) is 17.7 Å². The Morgan fingerprint density at radius 2 is 2.16 bits per heavy atom. The van der Waals surface area contributed by atoms with Crippen molar-refractivity contribution < 1.29 is 9.32 Å². The number of nitriles is 1. The van der Waals surface area contributed by atoms with E-state index in [2.05, 4.69) is 11.7 Å². The summed E-state index contributed by atoms with van der Waals surface area (Å²) in [6.45, 7) is 6.32. The van der Waals surface area contributed by atoms with Crippen LogP contribution in [0, 0.1) is 18.3 Å². The van der Waals surface area contributed by atoms with Crippen LogP contribution >= 0.6 is 0 Å². The van der Waals surface area contributed by atoms with E-state index in [0.717, 1.165) is 33.4 Å². The molecule has 25 heavy (non-hydrogen) atoms. The van der Waals surface area contributed by atoms with Crippen LogP contribution in [0.25, 0.3) is 22.1 Å². The Bertz CT molecular complexity index is 1070. The van der Waals surface area contributed by atoms with Crippen molar-refractivity contribution in [1.29, 1.82) is 5.26 Å². The number of aromatic nitrogens is 1. The molecule has 0 saturated heterocycles. The molecule has 3 aromatic rings. The van der Waals surface area contributed by atoms with Crippen LogP contribution in [-0.2, 0) is 6.54 Å². The molecule has 0 N–H and O–H groups in total. The van der Waals surface area contributed by atoms with Gasteiger partial charge in [-0.2, -0.15) is 5.26 Å². The van der Waals surface area contributed by atoms with E-state index < -0.39 is 0 Å². The van der Waals surface area contributed by atoms with Crippen LogP contribution in [0.4, 0.5) is 0 Å². The van der Waals surface area contributed by atoms with Crippen LogP contribution in [0.1, 0.15) is 21.6 Å². The molecule has 5 nitrogen and oxygen atoms in total. The van der Waals surface area contributed by atoms with Gasteiger partial charge in [0.25, 0.3) is 5.91 Å². The molecule has 0 spiro atoms. The molecule has 2 heterocycles. The van der Waals surface area contributed by atoms with Gasteiger partial charge in [-0.1, -0.05) is 29.9 Å². The second kappa shape index (κ2) is 5.60. The van der Waals surface area contributed by atoms with Crippen LogP contribution in [0.3, 0.4) is 0 Å². The van der Waals surface area contributed by atoms with Crippen LogP contribution < -0.4 is 0 Å². The molecule has 2 aromatic carbocycles. The molecule has 1 aliphatic rings. The monoisotopic (exact) mass is 329 g/mol. The SMILES string of the molecule is C=C(C#N)CN1Cc2c(cccc2-c2ccc3onc(C)c3c2)C1=O. The first kappa shape index (κ1) is 15.2. The van der Waals surface area contributed by atoms with Crippen molar-refractivity contribution in [3.63, 3.8) is 0 Å². The maximum Gasteiger partial charge on any atom is 0.254 e. The normalized spacial score (nSPS) is 13.1. The fourth-order valence-electron chi connectivity index (χ4n) is 3.28. The predicted octanol–water partition coefficient (Wildman–Crippen LogP) is 3.84.